The first kappa shape index (κ1) is 22.9. The Bertz CT molecular complexity index is 1600. The summed E-state index contributed by atoms with van der Waals surface area (Å²) in [5.74, 6) is 2.38. The zero-order chi connectivity index (χ0) is 25.0. The SMILES string of the molecule is Cc1ccc(Oc2ccc(/C=C/c3nn4c(C(c5ccccc5)c5ccccc5)nnc4s3)cc2)cc1. The van der Waals surface area contributed by atoms with Gasteiger partial charge in [0.25, 0.3) is 0 Å². The predicted molar refractivity (Wildman–Crippen MR) is 149 cm³/mol. The van der Waals surface area contributed by atoms with Gasteiger partial charge in [-0.15, -0.1) is 10.2 Å². The summed E-state index contributed by atoms with van der Waals surface area (Å²) >= 11 is 1.52. The van der Waals surface area contributed by atoms with Crippen LogP contribution in [-0.2, 0) is 0 Å². The zero-order valence-corrected chi connectivity index (χ0v) is 21.0. The number of hydrogen-bond donors (Lipinski definition) is 0. The standard InChI is InChI=1S/C31H24N4OS/c1-22-12-17-26(18-13-22)36-27-19-14-23(15-20-27)16-21-28-34-35-30(32-33-31(35)37-28)29(24-8-4-2-5-9-24)25-10-6-3-7-11-25/h2-21,29H,1H3/b21-16+. The van der Waals surface area contributed by atoms with Crippen molar-refractivity contribution in [3.8, 4) is 11.5 Å². The van der Waals surface area contributed by atoms with Gasteiger partial charge in [-0.05, 0) is 54.0 Å². The third kappa shape index (κ3) is 5.06. The molecule has 0 spiro atoms. The third-order valence-corrected chi connectivity index (χ3v) is 6.97. The molecule has 2 aromatic heterocycles. The van der Waals surface area contributed by atoms with E-state index < -0.39 is 0 Å². The van der Waals surface area contributed by atoms with Crippen LogP contribution in [0.5, 0.6) is 11.5 Å². The van der Waals surface area contributed by atoms with Crippen molar-refractivity contribution in [1.29, 1.82) is 0 Å². The van der Waals surface area contributed by atoms with E-state index in [9.17, 15) is 0 Å². The molecule has 0 aliphatic carbocycles. The Morgan fingerprint density at radius 1 is 0.703 bits per heavy atom. The second kappa shape index (κ2) is 10.2. The van der Waals surface area contributed by atoms with Crippen LogP contribution in [0.15, 0.2) is 109 Å². The number of aromatic nitrogens is 4. The summed E-state index contributed by atoms with van der Waals surface area (Å²) in [6, 6.07) is 36.8. The van der Waals surface area contributed by atoms with E-state index in [1.54, 1.807) is 0 Å². The highest BCUT2D eigenvalue weighted by Crippen LogP contribution is 2.32. The molecule has 0 radical (unpaired) electrons. The minimum atomic E-state index is -0.0580. The van der Waals surface area contributed by atoms with E-state index in [2.05, 4.69) is 65.7 Å². The van der Waals surface area contributed by atoms with Crippen molar-refractivity contribution in [2.45, 2.75) is 12.8 Å². The van der Waals surface area contributed by atoms with Crippen LogP contribution in [0, 0.1) is 6.92 Å². The lowest BCUT2D eigenvalue weighted by Gasteiger charge is -2.15. The van der Waals surface area contributed by atoms with Crippen LogP contribution in [0.3, 0.4) is 0 Å². The van der Waals surface area contributed by atoms with Crippen LogP contribution in [0.4, 0.5) is 0 Å². The smallest absolute Gasteiger partial charge is 0.234 e. The van der Waals surface area contributed by atoms with Crippen LogP contribution in [-0.4, -0.2) is 19.8 Å². The molecule has 0 unspecified atom stereocenters. The second-order valence-electron chi connectivity index (χ2n) is 8.76. The number of benzene rings is 4. The van der Waals surface area contributed by atoms with Crippen LogP contribution in [0.1, 0.15) is 39.0 Å². The molecule has 0 N–H and O–H groups in total. The molecular weight excluding hydrogens is 476 g/mol. The minimum absolute atomic E-state index is 0.0580. The normalized spacial score (nSPS) is 11.5. The van der Waals surface area contributed by atoms with E-state index in [4.69, 9.17) is 9.84 Å². The Morgan fingerprint density at radius 2 is 1.30 bits per heavy atom. The molecule has 2 heterocycles. The van der Waals surface area contributed by atoms with Crippen molar-refractivity contribution >= 4 is 28.4 Å². The highest BCUT2D eigenvalue weighted by Gasteiger charge is 2.24. The van der Waals surface area contributed by atoms with Gasteiger partial charge in [0.15, 0.2) is 5.82 Å². The molecule has 0 amide bonds. The monoisotopic (exact) mass is 500 g/mol. The second-order valence-corrected chi connectivity index (χ2v) is 9.75. The van der Waals surface area contributed by atoms with Gasteiger partial charge in [-0.2, -0.15) is 9.61 Å². The van der Waals surface area contributed by atoms with Gasteiger partial charge in [-0.3, -0.25) is 0 Å². The molecule has 6 heteroatoms. The minimum Gasteiger partial charge on any atom is -0.457 e. The van der Waals surface area contributed by atoms with E-state index in [1.807, 2.05) is 77.3 Å². The van der Waals surface area contributed by atoms with E-state index in [0.717, 1.165) is 44.0 Å². The lowest BCUT2D eigenvalue weighted by atomic mass is 9.91. The Balaban J connectivity index is 1.25. The fraction of sp³-hybridized carbons (Fsp3) is 0.0645. The van der Waals surface area contributed by atoms with Crippen LogP contribution < -0.4 is 4.74 Å². The zero-order valence-electron chi connectivity index (χ0n) is 20.2. The summed E-state index contributed by atoms with van der Waals surface area (Å²) in [6.07, 6.45) is 4.06. The summed E-state index contributed by atoms with van der Waals surface area (Å²) in [5.41, 5.74) is 4.58. The number of fused-ring (bicyclic) bond motifs is 1. The van der Waals surface area contributed by atoms with E-state index in [1.165, 1.54) is 16.9 Å². The van der Waals surface area contributed by atoms with Crippen LogP contribution >= 0.6 is 11.3 Å². The fourth-order valence-corrected chi connectivity index (χ4v) is 4.98. The maximum Gasteiger partial charge on any atom is 0.234 e. The van der Waals surface area contributed by atoms with Gasteiger partial charge in [0, 0.05) is 0 Å². The molecule has 0 fully saturated rings. The fourth-order valence-electron chi connectivity index (χ4n) is 4.23. The highest BCUT2D eigenvalue weighted by atomic mass is 32.1. The number of nitrogens with zero attached hydrogens (tertiary/aromatic N) is 4. The molecule has 0 atom stereocenters. The largest absolute Gasteiger partial charge is 0.457 e. The Labute approximate surface area is 219 Å². The van der Waals surface area contributed by atoms with Crippen molar-refractivity contribution < 1.29 is 4.74 Å². The highest BCUT2D eigenvalue weighted by molar-refractivity contribution is 7.17. The molecule has 6 aromatic rings. The number of hydrogen-bond acceptors (Lipinski definition) is 5. The first-order valence-corrected chi connectivity index (χ1v) is 12.9. The molecular formula is C31H24N4OS. The van der Waals surface area contributed by atoms with Crippen molar-refractivity contribution in [2.24, 2.45) is 0 Å². The molecule has 0 bridgehead atoms. The molecule has 4 aromatic carbocycles. The van der Waals surface area contributed by atoms with E-state index in [0.29, 0.717) is 0 Å². The summed E-state index contributed by atoms with van der Waals surface area (Å²) in [7, 11) is 0. The Hall–Kier alpha value is -4.55. The molecule has 37 heavy (non-hydrogen) atoms. The van der Waals surface area contributed by atoms with Crippen LogP contribution in [0.2, 0.25) is 0 Å². The van der Waals surface area contributed by atoms with Crippen molar-refractivity contribution in [3.05, 3.63) is 142 Å². The number of rotatable bonds is 7. The maximum absolute atomic E-state index is 5.94. The average molecular weight is 501 g/mol. The quantitative estimate of drug-likeness (QED) is 0.226. The Morgan fingerprint density at radius 3 is 1.92 bits per heavy atom. The van der Waals surface area contributed by atoms with Gasteiger partial charge in [-0.25, -0.2) is 0 Å². The van der Waals surface area contributed by atoms with Gasteiger partial charge in [0.05, 0.1) is 5.92 Å². The topological polar surface area (TPSA) is 52.3 Å². The van der Waals surface area contributed by atoms with E-state index >= 15 is 0 Å². The molecule has 180 valence electrons. The van der Waals surface area contributed by atoms with Gasteiger partial charge < -0.3 is 4.74 Å². The lowest BCUT2D eigenvalue weighted by molar-refractivity contribution is 0.482. The molecule has 0 saturated carbocycles. The van der Waals surface area contributed by atoms with Crippen LogP contribution in [0.25, 0.3) is 17.1 Å². The summed E-state index contributed by atoms with van der Waals surface area (Å²) in [5, 5.41) is 14.7. The third-order valence-electron chi connectivity index (χ3n) is 6.11. The van der Waals surface area contributed by atoms with Gasteiger partial charge in [0.2, 0.25) is 4.96 Å². The first-order chi connectivity index (χ1) is 18.2. The lowest BCUT2D eigenvalue weighted by Crippen LogP contribution is -2.08. The number of aryl methyl sites for hydroxylation is 1. The maximum atomic E-state index is 5.94. The average Bonchev–Trinajstić information content (AvgIpc) is 3.52. The van der Waals surface area contributed by atoms with Crippen molar-refractivity contribution in [2.75, 3.05) is 0 Å². The van der Waals surface area contributed by atoms with Gasteiger partial charge in [-0.1, -0.05) is 108 Å². The molecule has 5 nitrogen and oxygen atoms in total. The number of ether oxygens (including phenoxy) is 1. The molecule has 0 saturated heterocycles. The Kier molecular flexibility index (Phi) is 6.31. The molecule has 0 aliphatic heterocycles. The van der Waals surface area contributed by atoms with Crippen molar-refractivity contribution in [1.82, 2.24) is 19.8 Å². The predicted octanol–water partition coefficient (Wildman–Crippen LogP) is 7.64. The summed E-state index contributed by atoms with van der Waals surface area (Å²) < 4.78 is 7.80. The van der Waals surface area contributed by atoms with E-state index in [-0.39, 0.29) is 5.92 Å². The van der Waals surface area contributed by atoms with Gasteiger partial charge in [0.1, 0.15) is 16.5 Å². The van der Waals surface area contributed by atoms with Crippen molar-refractivity contribution in [3.63, 3.8) is 0 Å². The van der Waals surface area contributed by atoms with Gasteiger partial charge >= 0.3 is 0 Å². The summed E-state index contributed by atoms with van der Waals surface area (Å²) in [4.78, 5) is 0.772. The summed E-state index contributed by atoms with van der Waals surface area (Å²) in [6.45, 7) is 2.06. The molecule has 6 rings (SSSR count). The molecule has 0 aliphatic rings. The first-order valence-electron chi connectivity index (χ1n) is 12.1.